The average Bonchev–Trinajstić information content (AvgIpc) is 2.71. The number of hydrogen-bond donors (Lipinski definition) is 1. The van der Waals surface area contributed by atoms with Gasteiger partial charge in [-0.05, 0) is 24.6 Å². The zero-order valence-corrected chi connectivity index (χ0v) is 10.8. The lowest BCUT2D eigenvalue weighted by molar-refractivity contribution is 0.323. The molecule has 0 amide bonds. The zero-order chi connectivity index (χ0) is 12.3. The van der Waals surface area contributed by atoms with E-state index >= 15 is 0 Å². The summed E-state index contributed by atoms with van der Waals surface area (Å²) in [4.78, 5) is 0. The molecular formula is C12H12Cl2N2O. The summed E-state index contributed by atoms with van der Waals surface area (Å²) in [5.74, 6) is 0.693. The van der Waals surface area contributed by atoms with Crippen LogP contribution < -0.4 is 4.74 Å². The van der Waals surface area contributed by atoms with Gasteiger partial charge in [0.25, 0.3) is 0 Å². The maximum absolute atomic E-state index is 6.12. The first kappa shape index (κ1) is 12.3. The molecule has 0 fully saturated rings. The molecule has 2 aromatic rings. The Labute approximate surface area is 110 Å². The summed E-state index contributed by atoms with van der Waals surface area (Å²) in [7, 11) is 0. The molecule has 1 heterocycles. The second-order valence-electron chi connectivity index (χ2n) is 3.57. The minimum atomic E-state index is 0.601. The molecule has 0 aliphatic heterocycles. The first-order valence-electron chi connectivity index (χ1n) is 5.29. The van der Waals surface area contributed by atoms with Crippen molar-refractivity contribution in [1.29, 1.82) is 0 Å². The normalized spacial score (nSPS) is 10.5. The largest absolute Gasteiger partial charge is 0.478 e. The van der Waals surface area contributed by atoms with E-state index in [4.69, 9.17) is 27.9 Å². The van der Waals surface area contributed by atoms with Crippen molar-refractivity contribution >= 4 is 23.2 Å². The summed E-state index contributed by atoms with van der Waals surface area (Å²) < 4.78 is 5.43. The van der Waals surface area contributed by atoms with Crippen LogP contribution in [0.25, 0.3) is 0 Å². The predicted octanol–water partition coefficient (Wildman–Crippen LogP) is 3.71. The van der Waals surface area contributed by atoms with Crippen molar-refractivity contribution in [3.63, 3.8) is 0 Å². The van der Waals surface area contributed by atoms with Crippen LogP contribution in [-0.4, -0.2) is 16.8 Å². The molecule has 0 aliphatic rings. The van der Waals surface area contributed by atoms with Gasteiger partial charge in [-0.2, -0.15) is 5.10 Å². The van der Waals surface area contributed by atoms with Gasteiger partial charge < -0.3 is 4.74 Å². The molecule has 0 saturated heterocycles. The summed E-state index contributed by atoms with van der Waals surface area (Å²) in [6.07, 6.45) is 2.41. The lowest BCUT2D eigenvalue weighted by atomic mass is 10.1. The highest BCUT2D eigenvalue weighted by atomic mass is 35.5. The Morgan fingerprint density at radius 3 is 2.82 bits per heavy atom. The van der Waals surface area contributed by atoms with Crippen molar-refractivity contribution in [2.24, 2.45) is 0 Å². The van der Waals surface area contributed by atoms with E-state index in [9.17, 15) is 0 Å². The van der Waals surface area contributed by atoms with Crippen molar-refractivity contribution in [2.45, 2.75) is 13.3 Å². The fraction of sp³-hybridized carbons (Fsp3) is 0.250. The highest BCUT2D eigenvalue weighted by Gasteiger charge is 2.09. The number of nitrogens with one attached hydrogen (secondary N) is 1. The van der Waals surface area contributed by atoms with E-state index in [-0.39, 0.29) is 0 Å². The number of halogens is 2. The molecule has 0 atom stereocenters. The van der Waals surface area contributed by atoms with Crippen molar-refractivity contribution in [3.8, 4) is 5.88 Å². The quantitative estimate of drug-likeness (QED) is 0.920. The SMILES string of the molecule is CCOc1[nH]ncc1Cc1ccc(Cl)cc1Cl. The number of ether oxygens (including phenoxy) is 1. The van der Waals surface area contributed by atoms with E-state index in [2.05, 4.69) is 10.2 Å². The molecule has 90 valence electrons. The van der Waals surface area contributed by atoms with Gasteiger partial charge >= 0.3 is 0 Å². The molecule has 5 heteroatoms. The maximum atomic E-state index is 6.12. The lowest BCUT2D eigenvalue weighted by Crippen LogP contribution is -1.96. The molecule has 1 N–H and O–H groups in total. The summed E-state index contributed by atoms with van der Waals surface area (Å²) in [5, 5.41) is 8.07. The third-order valence-electron chi connectivity index (χ3n) is 2.36. The highest BCUT2D eigenvalue weighted by molar-refractivity contribution is 6.35. The molecule has 3 nitrogen and oxygen atoms in total. The fourth-order valence-electron chi connectivity index (χ4n) is 1.56. The van der Waals surface area contributed by atoms with E-state index in [1.165, 1.54) is 0 Å². The smallest absolute Gasteiger partial charge is 0.212 e. The van der Waals surface area contributed by atoms with Gasteiger partial charge in [0.2, 0.25) is 5.88 Å². The number of rotatable bonds is 4. The Hall–Kier alpha value is -1.19. The van der Waals surface area contributed by atoms with Crippen LogP contribution >= 0.6 is 23.2 Å². The van der Waals surface area contributed by atoms with E-state index in [1.807, 2.05) is 19.1 Å². The molecule has 2 rings (SSSR count). The van der Waals surface area contributed by atoms with Crippen LogP contribution in [0.5, 0.6) is 5.88 Å². The summed E-state index contributed by atoms with van der Waals surface area (Å²) >= 11 is 12.0. The number of aromatic amines is 1. The van der Waals surface area contributed by atoms with E-state index < -0.39 is 0 Å². The Kier molecular flexibility index (Phi) is 3.92. The topological polar surface area (TPSA) is 37.9 Å². The second-order valence-corrected chi connectivity index (χ2v) is 4.41. The van der Waals surface area contributed by atoms with Crippen molar-refractivity contribution in [3.05, 3.63) is 45.6 Å². The number of nitrogens with zero attached hydrogens (tertiary/aromatic N) is 1. The monoisotopic (exact) mass is 270 g/mol. The molecular weight excluding hydrogens is 259 g/mol. The number of hydrogen-bond acceptors (Lipinski definition) is 2. The molecule has 0 unspecified atom stereocenters. The first-order chi connectivity index (χ1) is 8.20. The van der Waals surface area contributed by atoms with Gasteiger partial charge in [0.1, 0.15) is 0 Å². The lowest BCUT2D eigenvalue weighted by Gasteiger charge is -2.06. The summed E-state index contributed by atoms with van der Waals surface area (Å²) in [6, 6.07) is 5.47. The Balaban J connectivity index is 2.22. The van der Waals surface area contributed by atoms with Crippen LogP contribution in [0, 0.1) is 0 Å². The van der Waals surface area contributed by atoms with E-state index in [0.29, 0.717) is 29.0 Å². The van der Waals surface area contributed by atoms with Crippen LogP contribution in [0.15, 0.2) is 24.4 Å². The average molecular weight is 271 g/mol. The van der Waals surface area contributed by atoms with Crippen LogP contribution in [0.1, 0.15) is 18.1 Å². The highest BCUT2D eigenvalue weighted by Crippen LogP contribution is 2.25. The Morgan fingerprint density at radius 1 is 1.29 bits per heavy atom. The van der Waals surface area contributed by atoms with Gasteiger partial charge in [-0.25, -0.2) is 5.10 Å². The molecule has 0 bridgehead atoms. The molecule has 0 spiro atoms. The predicted molar refractivity (Wildman–Crippen MR) is 69.0 cm³/mol. The molecule has 0 saturated carbocycles. The Bertz CT molecular complexity index is 511. The van der Waals surface area contributed by atoms with Gasteiger partial charge in [0, 0.05) is 22.0 Å². The number of H-pyrrole nitrogens is 1. The summed E-state index contributed by atoms with van der Waals surface area (Å²) in [6.45, 7) is 2.53. The van der Waals surface area contributed by atoms with Crippen molar-refractivity contribution in [2.75, 3.05) is 6.61 Å². The number of aromatic nitrogens is 2. The minimum absolute atomic E-state index is 0.601. The first-order valence-corrected chi connectivity index (χ1v) is 6.05. The maximum Gasteiger partial charge on any atom is 0.212 e. The van der Waals surface area contributed by atoms with E-state index in [0.717, 1.165) is 11.1 Å². The van der Waals surface area contributed by atoms with Gasteiger partial charge in [-0.15, -0.1) is 0 Å². The third kappa shape index (κ3) is 2.93. The molecule has 0 aliphatic carbocycles. The fourth-order valence-corrected chi connectivity index (χ4v) is 2.04. The zero-order valence-electron chi connectivity index (χ0n) is 9.34. The molecule has 1 aromatic heterocycles. The van der Waals surface area contributed by atoms with Crippen molar-refractivity contribution in [1.82, 2.24) is 10.2 Å². The van der Waals surface area contributed by atoms with E-state index in [1.54, 1.807) is 12.3 Å². The standard InChI is InChI=1S/C12H12Cl2N2O/c1-2-17-12-9(7-15-16-12)5-8-3-4-10(13)6-11(8)14/h3-4,6-7H,2,5H2,1H3,(H,15,16). The number of benzene rings is 1. The van der Waals surface area contributed by atoms with Gasteiger partial charge in [0.05, 0.1) is 12.8 Å². The summed E-state index contributed by atoms with van der Waals surface area (Å²) in [5.41, 5.74) is 1.98. The van der Waals surface area contributed by atoms with Gasteiger partial charge in [0.15, 0.2) is 0 Å². The van der Waals surface area contributed by atoms with Crippen LogP contribution in [0.2, 0.25) is 10.0 Å². The molecule has 0 radical (unpaired) electrons. The Morgan fingerprint density at radius 2 is 2.12 bits per heavy atom. The van der Waals surface area contributed by atoms with Crippen molar-refractivity contribution < 1.29 is 4.74 Å². The van der Waals surface area contributed by atoms with Crippen LogP contribution in [0.3, 0.4) is 0 Å². The van der Waals surface area contributed by atoms with Gasteiger partial charge in [-0.3, -0.25) is 0 Å². The molecule has 17 heavy (non-hydrogen) atoms. The van der Waals surface area contributed by atoms with Gasteiger partial charge in [-0.1, -0.05) is 29.3 Å². The third-order valence-corrected chi connectivity index (χ3v) is 2.95. The second kappa shape index (κ2) is 5.43. The minimum Gasteiger partial charge on any atom is -0.478 e. The van der Waals surface area contributed by atoms with Crippen LogP contribution in [0.4, 0.5) is 0 Å². The molecule has 1 aromatic carbocycles. The van der Waals surface area contributed by atoms with Crippen LogP contribution in [-0.2, 0) is 6.42 Å².